The number of ether oxygens (including phenoxy) is 1. The van der Waals surface area contributed by atoms with Gasteiger partial charge in [-0.25, -0.2) is 4.98 Å². The van der Waals surface area contributed by atoms with E-state index in [0.29, 0.717) is 25.1 Å². The molecule has 3 aromatic rings. The number of rotatable bonds is 9. The molecule has 2 aromatic carbocycles. The van der Waals surface area contributed by atoms with Gasteiger partial charge in [0.2, 0.25) is 0 Å². The molecular formula is C23H26N2O2S. The average Bonchev–Trinajstić information content (AvgIpc) is 3.18. The molecule has 5 heteroatoms. The van der Waals surface area contributed by atoms with E-state index in [9.17, 15) is 4.79 Å². The quantitative estimate of drug-likeness (QED) is 0.503. The van der Waals surface area contributed by atoms with Crippen LogP contribution >= 0.6 is 11.3 Å². The molecule has 0 aliphatic rings. The lowest BCUT2D eigenvalue weighted by Gasteiger charge is -2.07. The fourth-order valence-corrected chi connectivity index (χ4v) is 3.63. The molecule has 1 heterocycles. The number of aryl methyl sites for hydroxylation is 1. The van der Waals surface area contributed by atoms with Crippen molar-refractivity contribution in [1.82, 2.24) is 10.3 Å². The molecule has 3 rings (SSSR count). The first-order chi connectivity index (χ1) is 13.7. The number of unbranched alkanes of at least 4 members (excludes halogenated alkanes) is 1. The number of amides is 1. The maximum atomic E-state index is 12.3. The summed E-state index contributed by atoms with van der Waals surface area (Å²) in [7, 11) is 0. The second-order valence-corrected chi connectivity index (χ2v) is 7.60. The Labute approximate surface area is 170 Å². The lowest BCUT2D eigenvalue weighted by molar-refractivity contribution is 0.0954. The van der Waals surface area contributed by atoms with Gasteiger partial charge >= 0.3 is 0 Å². The van der Waals surface area contributed by atoms with Crippen LogP contribution in [0.15, 0.2) is 53.9 Å². The van der Waals surface area contributed by atoms with Gasteiger partial charge in [0.05, 0.1) is 12.3 Å². The standard InChI is InChI=1S/C23H26N2O2S/c1-3-4-14-27-21-10-8-18(9-11-21)22(26)24-13-12-20-16-28-23(25-20)19-7-5-6-17(2)15-19/h5-11,15-16H,3-4,12-14H2,1-2H3,(H,24,26). The lowest BCUT2D eigenvalue weighted by Crippen LogP contribution is -2.25. The van der Waals surface area contributed by atoms with Gasteiger partial charge in [-0.15, -0.1) is 11.3 Å². The fraction of sp³-hybridized carbons (Fsp3) is 0.304. The minimum absolute atomic E-state index is 0.0748. The van der Waals surface area contributed by atoms with Gasteiger partial charge in [0.15, 0.2) is 0 Å². The van der Waals surface area contributed by atoms with E-state index in [4.69, 9.17) is 4.74 Å². The van der Waals surface area contributed by atoms with E-state index >= 15 is 0 Å². The molecule has 0 saturated carbocycles. The van der Waals surface area contributed by atoms with Crippen molar-refractivity contribution in [2.45, 2.75) is 33.1 Å². The summed E-state index contributed by atoms with van der Waals surface area (Å²) in [4.78, 5) is 17.0. The zero-order chi connectivity index (χ0) is 19.8. The van der Waals surface area contributed by atoms with Crippen molar-refractivity contribution in [2.24, 2.45) is 0 Å². The molecule has 146 valence electrons. The number of carbonyl (C=O) groups is 1. The second kappa shape index (κ2) is 10.0. The number of nitrogens with one attached hydrogen (secondary N) is 1. The van der Waals surface area contributed by atoms with Crippen LogP contribution in [0.1, 0.15) is 41.4 Å². The summed E-state index contributed by atoms with van der Waals surface area (Å²) in [5, 5.41) is 6.04. The summed E-state index contributed by atoms with van der Waals surface area (Å²) < 4.78 is 5.63. The van der Waals surface area contributed by atoms with Crippen molar-refractivity contribution >= 4 is 17.2 Å². The third-order valence-corrected chi connectivity index (χ3v) is 5.31. The molecule has 0 bridgehead atoms. The van der Waals surface area contributed by atoms with Crippen molar-refractivity contribution in [1.29, 1.82) is 0 Å². The second-order valence-electron chi connectivity index (χ2n) is 6.75. The Morgan fingerprint density at radius 2 is 2.00 bits per heavy atom. The molecule has 0 spiro atoms. The normalized spacial score (nSPS) is 10.6. The zero-order valence-corrected chi connectivity index (χ0v) is 17.2. The van der Waals surface area contributed by atoms with Crippen LogP contribution in [0.2, 0.25) is 0 Å². The van der Waals surface area contributed by atoms with Gasteiger partial charge in [0.1, 0.15) is 10.8 Å². The first-order valence-electron chi connectivity index (χ1n) is 9.68. The topological polar surface area (TPSA) is 51.2 Å². The van der Waals surface area contributed by atoms with Crippen molar-refractivity contribution in [3.8, 4) is 16.3 Å². The van der Waals surface area contributed by atoms with Crippen molar-refractivity contribution in [2.75, 3.05) is 13.2 Å². The van der Waals surface area contributed by atoms with E-state index in [1.807, 2.05) is 18.2 Å². The molecule has 0 aliphatic carbocycles. The molecule has 1 aromatic heterocycles. The molecule has 0 saturated heterocycles. The maximum Gasteiger partial charge on any atom is 0.251 e. The highest BCUT2D eigenvalue weighted by Crippen LogP contribution is 2.24. The van der Waals surface area contributed by atoms with Crippen LogP contribution in [0, 0.1) is 6.92 Å². The van der Waals surface area contributed by atoms with Gasteiger partial charge in [-0.05, 0) is 43.7 Å². The first-order valence-corrected chi connectivity index (χ1v) is 10.6. The Balaban J connectivity index is 1.48. The van der Waals surface area contributed by atoms with Gasteiger partial charge < -0.3 is 10.1 Å². The minimum atomic E-state index is -0.0748. The van der Waals surface area contributed by atoms with Gasteiger partial charge in [-0.1, -0.05) is 37.1 Å². The van der Waals surface area contributed by atoms with E-state index in [1.54, 1.807) is 23.5 Å². The maximum absolute atomic E-state index is 12.3. The van der Waals surface area contributed by atoms with E-state index in [0.717, 1.165) is 34.9 Å². The minimum Gasteiger partial charge on any atom is -0.494 e. The first kappa shape index (κ1) is 20.1. The van der Waals surface area contributed by atoms with Gasteiger partial charge in [-0.2, -0.15) is 0 Å². The van der Waals surface area contributed by atoms with Crippen LogP contribution in [0.3, 0.4) is 0 Å². The van der Waals surface area contributed by atoms with Gasteiger partial charge in [-0.3, -0.25) is 4.79 Å². The largest absolute Gasteiger partial charge is 0.494 e. The van der Waals surface area contributed by atoms with E-state index < -0.39 is 0 Å². The van der Waals surface area contributed by atoms with Gasteiger partial charge in [0.25, 0.3) is 5.91 Å². The number of carbonyl (C=O) groups excluding carboxylic acids is 1. The molecule has 4 nitrogen and oxygen atoms in total. The highest BCUT2D eigenvalue weighted by molar-refractivity contribution is 7.13. The van der Waals surface area contributed by atoms with Crippen LogP contribution in [-0.4, -0.2) is 24.0 Å². The highest BCUT2D eigenvalue weighted by Gasteiger charge is 2.08. The summed E-state index contributed by atoms with van der Waals surface area (Å²) >= 11 is 1.64. The summed E-state index contributed by atoms with van der Waals surface area (Å²) in [5.74, 6) is 0.727. The van der Waals surface area contributed by atoms with Crippen LogP contribution in [0.25, 0.3) is 10.6 Å². The number of nitrogens with zero attached hydrogens (tertiary/aromatic N) is 1. The molecule has 0 radical (unpaired) electrons. The molecule has 0 atom stereocenters. The van der Waals surface area contributed by atoms with E-state index in [1.165, 1.54) is 5.56 Å². The summed E-state index contributed by atoms with van der Waals surface area (Å²) in [6, 6.07) is 15.6. The van der Waals surface area contributed by atoms with Crippen molar-refractivity contribution < 1.29 is 9.53 Å². The van der Waals surface area contributed by atoms with Crippen LogP contribution in [-0.2, 0) is 6.42 Å². The predicted molar refractivity (Wildman–Crippen MR) is 115 cm³/mol. The molecular weight excluding hydrogens is 368 g/mol. The van der Waals surface area contributed by atoms with Crippen LogP contribution < -0.4 is 10.1 Å². The van der Waals surface area contributed by atoms with Crippen LogP contribution in [0.4, 0.5) is 0 Å². The SMILES string of the molecule is CCCCOc1ccc(C(=O)NCCc2csc(-c3cccc(C)c3)n2)cc1. The Hall–Kier alpha value is -2.66. The smallest absolute Gasteiger partial charge is 0.251 e. The number of aromatic nitrogens is 1. The molecule has 1 amide bonds. The molecule has 0 unspecified atom stereocenters. The number of thiazole rings is 1. The predicted octanol–water partition coefficient (Wildman–Crippen LogP) is 5.27. The lowest BCUT2D eigenvalue weighted by atomic mass is 10.1. The third kappa shape index (κ3) is 5.67. The monoisotopic (exact) mass is 394 g/mol. The summed E-state index contributed by atoms with van der Waals surface area (Å²) in [5.41, 5.74) is 4.01. The Morgan fingerprint density at radius 1 is 1.18 bits per heavy atom. The summed E-state index contributed by atoms with van der Waals surface area (Å²) in [6.07, 6.45) is 2.85. The third-order valence-electron chi connectivity index (χ3n) is 4.37. The van der Waals surface area contributed by atoms with Gasteiger partial charge in [0, 0.05) is 29.5 Å². The Bertz CT molecular complexity index is 903. The average molecular weight is 395 g/mol. The number of hydrogen-bond donors (Lipinski definition) is 1. The van der Waals surface area contributed by atoms with Crippen LogP contribution in [0.5, 0.6) is 5.75 Å². The molecule has 28 heavy (non-hydrogen) atoms. The molecule has 1 N–H and O–H groups in total. The van der Waals surface area contributed by atoms with E-state index in [-0.39, 0.29) is 5.91 Å². The Morgan fingerprint density at radius 3 is 2.75 bits per heavy atom. The van der Waals surface area contributed by atoms with Crippen molar-refractivity contribution in [3.63, 3.8) is 0 Å². The molecule has 0 aliphatic heterocycles. The molecule has 0 fully saturated rings. The van der Waals surface area contributed by atoms with E-state index in [2.05, 4.69) is 47.7 Å². The Kier molecular flexibility index (Phi) is 7.20. The summed E-state index contributed by atoms with van der Waals surface area (Å²) in [6.45, 7) is 5.48. The highest BCUT2D eigenvalue weighted by atomic mass is 32.1. The zero-order valence-electron chi connectivity index (χ0n) is 16.4. The number of benzene rings is 2. The number of hydrogen-bond acceptors (Lipinski definition) is 4. The van der Waals surface area contributed by atoms with Crippen molar-refractivity contribution in [3.05, 3.63) is 70.7 Å². The fourth-order valence-electron chi connectivity index (χ4n) is 2.78.